The minimum atomic E-state index is 0.216. The molecule has 0 saturated carbocycles. The molecule has 1 heterocycles. The van der Waals surface area contributed by atoms with Crippen molar-refractivity contribution in [3.8, 4) is 0 Å². The van der Waals surface area contributed by atoms with E-state index in [0.29, 0.717) is 0 Å². The third kappa shape index (κ3) is 3.14. The molecule has 4 nitrogen and oxygen atoms in total. The highest BCUT2D eigenvalue weighted by Gasteiger charge is 2.14. The Morgan fingerprint density at radius 3 is 2.35 bits per heavy atom. The minimum Gasteiger partial charge on any atom is -0.309 e. The average Bonchev–Trinajstić information content (AvgIpc) is 2.84. The predicted octanol–water partition coefficient (Wildman–Crippen LogP) is 1.82. The Morgan fingerprint density at radius 2 is 1.76 bits per heavy atom. The Balaban J connectivity index is 2.19. The summed E-state index contributed by atoms with van der Waals surface area (Å²) in [5.41, 5.74) is 1.26. The van der Waals surface area contributed by atoms with Gasteiger partial charge in [-0.15, -0.1) is 0 Å². The molecule has 0 amide bonds. The van der Waals surface area contributed by atoms with Gasteiger partial charge in [-0.2, -0.15) is 15.0 Å². The molecule has 0 bridgehead atoms. The standard InChI is InChI=1S/C13H18N4/c1-16(2)11-8-13(17-14-9-10-15-17)12-6-4-3-5-7-12/h3-7,9-10,13H,8,11H2,1-2H3. The molecular weight excluding hydrogens is 212 g/mol. The fourth-order valence-electron chi connectivity index (χ4n) is 1.86. The molecule has 0 aliphatic carbocycles. The van der Waals surface area contributed by atoms with Crippen molar-refractivity contribution in [3.05, 3.63) is 48.3 Å². The van der Waals surface area contributed by atoms with E-state index in [-0.39, 0.29) is 6.04 Å². The van der Waals surface area contributed by atoms with Crippen molar-refractivity contribution in [1.82, 2.24) is 19.9 Å². The van der Waals surface area contributed by atoms with E-state index in [2.05, 4.69) is 53.5 Å². The Hall–Kier alpha value is -1.68. The first-order valence-electron chi connectivity index (χ1n) is 5.83. The molecule has 4 heteroatoms. The quantitative estimate of drug-likeness (QED) is 0.785. The summed E-state index contributed by atoms with van der Waals surface area (Å²) < 4.78 is 0. The summed E-state index contributed by atoms with van der Waals surface area (Å²) in [5.74, 6) is 0. The highest BCUT2D eigenvalue weighted by atomic mass is 15.5. The van der Waals surface area contributed by atoms with Crippen LogP contribution in [-0.4, -0.2) is 40.5 Å². The smallest absolute Gasteiger partial charge is 0.0977 e. The largest absolute Gasteiger partial charge is 0.309 e. The van der Waals surface area contributed by atoms with Crippen LogP contribution in [0, 0.1) is 0 Å². The fraction of sp³-hybridized carbons (Fsp3) is 0.385. The normalized spacial score (nSPS) is 12.9. The zero-order valence-corrected chi connectivity index (χ0v) is 10.3. The molecule has 2 aromatic rings. The van der Waals surface area contributed by atoms with Gasteiger partial charge in [0.05, 0.1) is 18.4 Å². The molecule has 1 aromatic carbocycles. The lowest BCUT2D eigenvalue weighted by molar-refractivity contribution is 0.342. The van der Waals surface area contributed by atoms with Gasteiger partial charge in [-0.25, -0.2) is 0 Å². The lowest BCUT2D eigenvalue weighted by Crippen LogP contribution is -2.21. The molecule has 1 aromatic heterocycles. The molecule has 0 N–H and O–H groups in total. The van der Waals surface area contributed by atoms with Gasteiger partial charge < -0.3 is 4.90 Å². The van der Waals surface area contributed by atoms with E-state index < -0.39 is 0 Å². The highest BCUT2D eigenvalue weighted by Crippen LogP contribution is 2.19. The van der Waals surface area contributed by atoms with E-state index in [1.807, 2.05) is 6.07 Å². The van der Waals surface area contributed by atoms with Gasteiger partial charge in [-0.05, 0) is 32.6 Å². The number of nitrogens with zero attached hydrogens (tertiary/aromatic N) is 4. The van der Waals surface area contributed by atoms with Gasteiger partial charge in [-0.3, -0.25) is 0 Å². The first-order valence-corrected chi connectivity index (χ1v) is 5.83. The van der Waals surface area contributed by atoms with E-state index in [9.17, 15) is 0 Å². The zero-order chi connectivity index (χ0) is 12.1. The second kappa shape index (κ2) is 5.59. The Morgan fingerprint density at radius 1 is 1.12 bits per heavy atom. The molecule has 1 atom stereocenters. The Bertz CT molecular complexity index is 422. The fourth-order valence-corrected chi connectivity index (χ4v) is 1.86. The monoisotopic (exact) mass is 230 g/mol. The number of hydrogen-bond donors (Lipinski definition) is 0. The summed E-state index contributed by atoms with van der Waals surface area (Å²) in [6.07, 6.45) is 4.46. The lowest BCUT2D eigenvalue weighted by Gasteiger charge is -2.19. The van der Waals surface area contributed by atoms with Crippen LogP contribution in [0.25, 0.3) is 0 Å². The molecule has 0 spiro atoms. The van der Waals surface area contributed by atoms with Crippen LogP contribution in [0.1, 0.15) is 18.0 Å². The van der Waals surface area contributed by atoms with Crippen LogP contribution < -0.4 is 0 Å². The van der Waals surface area contributed by atoms with Crippen molar-refractivity contribution in [3.63, 3.8) is 0 Å². The van der Waals surface area contributed by atoms with Gasteiger partial charge in [0.25, 0.3) is 0 Å². The molecular formula is C13H18N4. The topological polar surface area (TPSA) is 34.0 Å². The first kappa shape index (κ1) is 11.8. The zero-order valence-electron chi connectivity index (χ0n) is 10.3. The molecule has 2 rings (SSSR count). The van der Waals surface area contributed by atoms with Crippen LogP contribution in [0.2, 0.25) is 0 Å². The van der Waals surface area contributed by atoms with Gasteiger partial charge >= 0.3 is 0 Å². The molecule has 1 unspecified atom stereocenters. The van der Waals surface area contributed by atoms with Gasteiger partial charge in [-0.1, -0.05) is 30.3 Å². The minimum absolute atomic E-state index is 0.216. The molecule has 90 valence electrons. The van der Waals surface area contributed by atoms with Gasteiger partial charge in [0, 0.05) is 0 Å². The van der Waals surface area contributed by atoms with E-state index in [4.69, 9.17) is 0 Å². The number of rotatable bonds is 5. The molecule has 0 saturated heterocycles. The van der Waals surface area contributed by atoms with E-state index in [0.717, 1.165) is 13.0 Å². The maximum Gasteiger partial charge on any atom is 0.0977 e. The van der Waals surface area contributed by atoms with E-state index in [1.54, 1.807) is 17.2 Å². The van der Waals surface area contributed by atoms with Gasteiger partial charge in [0.2, 0.25) is 0 Å². The van der Waals surface area contributed by atoms with Crippen LogP contribution in [0.4, 0.5) is 0 Å². The molecule has 0 fully saturated rings. The summed E-state index contributed by atoms with van der Waals surface area (Å²) in [5, 5.41) is 8.52. The maximum absolute atomic E-state index is 4.26. The van der Waals surface area contributed by atoms with Crippen molar-refractivity contribution in [2.75, 3.05) is 20.6 Å². The predicted molar refractivity (Wildman–Crippen MR) is 67.8 cm³/mol. The van der Waals surface area contributed by atoms with Crippen LogP contribution in [-0.2, 0) is 0 Å². The maximum atomic E-state index is 4.26. The van der Waals surface area contributed by atoms with Crippen molar-refractivity contribution in [2.45, 2.75) is 12.5 Å². The van der Waals surface area contributed by atoms with Crippen molar-refractivity contribution >= 4 is 0 Å². The number of aromatic nitrogens is 3. The summed E-state index contributed by atoms with van der Waals surface area (Å²) in [6, 6.07) is 10.6. The van der Waals surface area contributed by atoms with Crippen molar-refractivity contribution in [2.24, 2.45) is 0 Å². The first-order chi connectivity index (χ1) is 8.27. The average molecular weight is 230 g/mol. The van der Waals surface area contributed by atoms with Gasteiger partial charge in [0.1, 0.15) is 0 Å². The molecule has 0 aliphatic heterocycles. The van der Waals surface area contributed by atoms with Gasteiger partial charge in [0.15, 0.2) is 0 Å². The lowest BCUT2D eigenvalue weighted by atomic mass is 10.0. The number of hydrogen-bond acceptors (Lipinski definition) is 3. The van der Waals surface area contributed by atoms with E-state index in [1.165, 1.54) is 5.56 Å². The summed E-state index contributed by atoms with van der Waals surface area (Å²) in [6.45, 7) is 1.01. The third-order valence-electron chi connectivity index (χ3n) is 2.75. The Kier molecular flexibility index (Phi) is 3.88. The SMILES string of the molecule is CN(C)CCC(c1ccccc1)n1nccn1. The van der Waals surface area contributed by atoms with Crippen molar-refractivity contribution < 1.29 is 0 Å². The second-order valence-electron chi connectivity index (χ2n) is 4.37. The molecule has 0 aliphatic rings. The number of benzene rings is 1. The second-order valence-corrected chi connectivity index (χ2v) is 4.37. The highest BCUT2D eigenvalue weighted by molar-refractivity contribution is 5.19. The summed E-state index contributed by atoms with van der Waals surface area (Å²) in [7, 11) is 4.16. The van der Waals surface area contributed by atoms with Crippen LogP contribution >= 0.6 is 0 Å². The molecule has 17 heavy (non-hydrogen) atoms. The summed E-state index contributed by atoms with van der Waals surface area (Å²) in [4.78, 5) is 3.97. The van der Waals surface area contributed by atoms with Crippen LogP contribution in [0.3, 0.4) is 0 Å². The van der Waals surface area contributed by atoms with Crippen molar-refractivity contribution in [1.29, 1.82) is 0 Å². The Labute approximate surface area is 102 Å². The summed E-state index contributed by atoms with van der Waals surface area (Å²) >= 11 is 0. The molecule has 0 radical (unpaired) electrons. The van der Waals surface area contributed by atoms with E-state index >= 15 is 0 Å². The van der Waals surface area contributed by atoms with Crippen LogP contribution in [0.15, 0.2) is 42.7 Å². The third-order valence-corrected chi connectivity index (χ3v) is 2.75. The van der Waals surface area contributed by atoms with Crippen LogP contribution in [0.5, 0.6) is 0 Å².